The van der Waals surface area contributed by atoms with E-state index in [9.17, 15) is 0 Å². The van der Waals surface area contributed by atoms with Crippen LogP contribution >= 0.6 is 22.9 Å². The van der Waals surface area contributed by atoms with E-state index in [1.165, 1.54) is 35.4 Å². The van der Waals surface area contributed by atoms with Crippen molar-refractivity contribution in [2.24, 2.45) is 0 Å². The van der Waals surface area contributed by atoms with Crippen molar-refractivity contribution >= 4 is 33.2 Å². The van der Waals surface area contributed by atoms with Gasteiger partial charge in [-0.2, -0.15) is 0 Å². The number of hydrogen-bond donors (Lipinski definition) is 1. The van der Waals surface area contributed by atoms with Crippen LogP contribution in [-0.2, 0) is 5.54 Å². The molecular weight excluding hydrogens is 264 g/mol. The predicted octanol–water partition coefficient (Wildman–Crippen LogP) is 4.33. The van der Waals surface area contributed by atoms with Gasteiger partial charge in [-0.15, -0.1) is 11.3 Å². The summed E-state index contributed by atoms with van der Waals surface area (Å²) < 4.78 is 1.23. The molecule has 1 aromatic heterocycles. The third kappa shape index (κ3) is 2.04. The maximum atomic E-state index is 6.03. The standard InChI is InChI=1S/C14H17ClN2S/c1-2-6-14(7-3-8-16-14)13-17-11-9-10(15)4-5-12(11)18-13/h4-5,9,16H,2-3,6-8H2,1H3. The Kier molecular flexibility index (Phi) is 3.31. The molecule has 1 N–H and O–H groups in total. The number of fused-ring (bicyclic) bond motifs is 1. The maximum Gasteiger partial charge on any atom is 0.114 e. The van der Waals surface area contributed by atoms with Crippen LogP contribution in [0.4, 0.5) is 0 Å². The second-order valence-electron chi connectivity index (χ2n) is 4.99. The highest BCUT2D eigenvalue weighted by molar-refractivity contribution is 7.18. The minimum atomic E-state index is 0.116. The van der Waals surface area contributed by atoms with Gasteiger partial charge >= 0.3 is 0 Å². The number of aromatic nitrogens is 1. The van der Waals surface area contributed by atoms with Crippen LogP contribution in [0.15, 0.2) is 18.2 Å². The number of halogens is 1. The molecule has 0 aliphatic carbocycles. The summed E-state index contributed by atoms with van der Waals surface area (Å²) in [5, 5.41) is 5.68. The molecule has 2 heterocycles. The first kappa shape index (κ1) is 12.4. The topological polar surface area (TPSA) is 24.9 Å². The normalized spacial score (nSPS) is 23.9. The Bertz CT molecular complexity index is 558. The van der Waals surface area contributed by atoms with Crippen molar-refractivity contribution in [3.8, 4) is 0 Å². The quantitative estimate of drug-likeness (QED) is 0.905. The molecule has 1 aliphatic heterocycles. The van der Waals surface area contributed by atoms with E-state index in [-0.39, 0.29) is 5.54 Å². The molecule has 1 fully saturated rings. The summed E-state index contributed by atoms with van der Waals surface area (Å²) >= 11 is 7.84. The van der Waals surface area contributed by atoms with Gasteiger partial charge in [-0.05, 0) is 44.0 Å². The molecule has 0 spiro atoms. The zero-order valence-corrected chi connectivity index (χ0v) is 12.1. The Morgan fingerprint density at radius 2 is 2.39 bits per heavy atom. The SMILES string of the molecule is CCCC1(c2nc3cc(Cl)ccc3s2)CCCN1. The molecule has 2 aromatic rings. The molecule has 0 saturated carbocycles. The Balaban J connectivity index is 2.06. The Hall–Kier alpha value is -0.640. The molecule has 0 amide bonds. The molecule has 0 radical (unpaired) electrons. The van der Waals surface area contributed by atoms with E-state index in [1.54, 1.807) is 0 Å². The minimum absolute atomic E-state index is 0.116. The molecular formula is C14H17ClN2S. The monoisotopic (exact) mass is 280 g/mol. The van der Waals surface area contributed by atoms with Gasteiger partial charge in [0.25, 0.3) is 0 Å². The second kappa shape index (κ2) is 4.80. The number of hydrogen-bond acceptors (Lipinski definition) is 3. The van der Waals surface area contributed by atoms with Crippen LogP contribution in [0.2, 0.25) is 5.02 Å². The summed E-state index contributed by atoms with van der Waals surface area (Å²) in [5.41, 5.74) is 1.15. The lowest BCUT2D eigenvalue weighted by Crippen LogP contribution is -2.36. The number of benzene rings is 1. The average molecular weight is 281 g/mol. The van der Waals surface area contributed by atoms with E-state index in [4.69, 9.17) is 16.6 Å². The molecule has 1 unspecified atom stereocenters. The van der Waals surface area contributed by atoms with Gasteiger partial charge in [0.05, 0.1) is 15.8 Å². The van der Waals surface area contributed by atoms with Gasteiger partial charge in [0, 0.05) is 5.02 Å². The van der Waals surface area contributed by atoms with Crippen LogP contribution in [-0.4, -0.2) is 11.5 Å². The van der Waals surface area contributed by atoms with Crippen molar-refractivity contribution < 1.29 is 0 Å². The van der Waals surface area contributed by atoms with Gasteiger partial charge in [0.2, 0.25) is 0 Å². The second-order valence-corrected chi connectivity index (χ2v) is 6.46. The minimum Gasteiger partial charge on any atom is -0.305 e. The highest BCUT2D eigenvalue weighted by Gasteiger charge is 2.37. The van der Waals surface area contributed by atoms with Crippen LogP contribution in [0, 0.1) is 0 Å². The van der Waals surface area contributed by atoms with Crippen LogP contribution < -0.4 is 5.32 Å². The van der Waals surface area contributed by atoms with E-state index >= 15 is 0 Å². The summed E-state index contributed by atoms with van der Waals surface area (Å²) in [6, 6.07) is 5.99. The lowest BCUT2D eigenvalue weighted by atomic mass is 9.93. The molecule has 18 heavy (non-hydrogen) atoms. The molecule has 4 heteroatoms. The van der Waals surface area contributed by atoms with Crippen LogP contribution in [0.25, 0.3) is 10.2 Å². The van der Waals surface area contributed by atoms with Crippen molar-refractivity contribution in [1.29, 1.82) is 0 Å². The molecule has 96 valence electrons. The highest BCUT2D eigenvalue weighted by Crippen LogP contribution is 2.39. The summed E-state index contributed by atoms with van der Waals surface area (Å²) in [5.74, 6) is 0. The lowest BCUT2D eigenvalue weighted by molar-refractivity contribution is 0.355. The summed E-state index contributed by atoms with van der Waals surface area (Å²) in [6.07, 6.45) is 4.80. The van der Waals surface area contributed by atoms with Gasteiger partial charge in [-0.25, -0.2) is 4.98 Å². The van der Waals surface area contributed by atoms with Crippen LogP contribution in [0.1, 0.15) is 37.6 Å². The van der Waals surface area contributed by atoms with E-state index in [0.717, 1.165) is 17.1 Å². The third-order valence-corrected chi connectivity index (χ3v) is 5.16. The van der Waals surface area contributed by atoms with Crippen molar-refractivity contribution in [3.63, 3.8) is 0 Å². The summed E-state index contributed by atoms with van der Waals surface area (Å²) in [4.78, 5) is 4.82. The summed E-state index contributed by atoms with van der Waals surface area (Å²) in [6.45, 7) is 3.35. The van der Waals surface area contributed by atoms with E-state index < -0.39 is 0 Å². The smallest absolute Gasteiger partial charge is 0.114 e. The molecule has 0 bridgehead atoms. The number of nitrogens with zero attached hydrogens (tertiary/aromatic N) is 1. The predicted molar refractivity (Wildman–Crippen MR) is 78.5 cm³/mol. The third-order valence-electron chi connectivity index (χ3n) is 3.68. The fraction of sp³-hybridized carbons (Fsp3) is 0.500. The molecule has 2 nitrogen and oxygen atoms in total. The van der Waals surface area contributed by atoms with Gasteiger partial charge < -0.3 is 5.32 Å². The first-order valence-corrected chi connectivity index (χ1v) is 7.74. The lowest BCUT2D eigenvalue weighted by Gasteiger charge is -2.26. The number of rotatable bonds is 3. The molecule has 1 aliphatic rings. The van der Waals surface area contributed by atoms with Crippen molar-refractivity contribution in [1.82, 2.24) is 10.3 Å². The zero-order chi connectivity index (χ0) is 12.6. The van der Waals surface area contributed by atoms with Crippen molar-refractivity contribution in [3.05, 3.63) is 28.2 Å². The van der Waals surface area contributed by atoms with Crippen LogP contribution in [0.5, 0.6) is 0 Å². The fourth-order valence-electron chi connectivity index (χ4n) is 2.84. The van der Waals surface area contributed by atoms with E-state index in [0.29, 0.717) is 0 Å². The molecule has 1 saturated heterocycles. The molecule has 1 atom stereocenters. The van der Waals surface area contributed by atoms with Gasteiger partial charge in [0.1, 0.15) is 5.01 Å². The number of nitrogens with one attached hydrogen (secondary N) is 1. The Morgan fingerprint density at radius 3 is 3.11 bits per heavy atom. The Morgan fingerprint density at radius 1 is 1.50 bits per heavy atom. The van der Waals surface area contributed by atoms with Crippen molar-refractivity contribution in [2.75, 3.05) is 6.54 Å². The van der Waals surface area contributed by atoms with E-state index in [1.807, 2.05) is 23.5 Å². The van der Waals surface area contributed by atoms with Crippen LogP contribution in [0.3, 0.4) is 0 Å². The maximum absolute atomic E-state index is 6.03. The van der Waals surface area contributed by atoms with Crippen molar-refractivity contribution in [2.45, 2.75) is 38.1 Å². The van der Waals surface area contributed by atoms with E-state index in [2.05, 4.69) is 18.3 Å². The van der Waals surface area contributed by atoms with Gasteiger partial charge in [0.15, 0.2) is 0 Å². The first-order chi connectivity index (χ1) is 8.73. The molecule has 1 aromatic carbocycles. The largest absolute Gasteiger partial charge is 0.305 e. The zero-order valence-electron chi connectivity index (χ0n) is 10.5. The first-order valence-electron chi connectivity index (χ1n) is 6.55. The number of thiazole rings is 1. The fourth-order valence-corrected chi connectivity index (χ4v) is 4.18. The summed E-state index contributed by atoms with van der Waals surface area (Å²) in [7, 11) is 0. The van der Waals surface area contributed by atoms with Gasteiger partial charge in [-0.3, -0.25) is 0 Å². The molecule has 3 rings (SSSR count). The highest BCUT2D eigenvalue weighted by atomic mass is 35.5. The Labute approximate surface area is 116 Å². The van der Waals surface area contributed by atoms with Gasteiger partial charge in [-0.1, -0.05) is 24.9 Å². The average Bonchev–Trinajstić information content (AvgIpc) is 2.95.